The Hall–Kier alpha value is -3.85. The van der Waals surface area contributed by atoms with Crippen molar-refractivity contribution in [3.8, 4) is 11.5 Å². The van der Waals surface area contributed by atoms with Crippen molar-refractivity contribution < 1.29 is 23.1 Å². The summed E-state index contributed by atoms with van der Waals surface area (Å²) in [5, 5.41) is 13.6. The lowest BCUT2D eigenvalue weighted by Crippen LogP contribution is -2.39. The summed E-state index contributed by atoms with van der Waals surface area (Å²) in [7, 11) is -2.65. The monoisotopic (exact) mass is 453 g/mol. The predicted molar refractivity (Wildman–Crippen MR) is 123 cm³/mol. The zero-order chi connectivity index (χ0) is 23.1. The van der Waals surface area contributed by atoms with Gasteiger partial charge in [-0.2, -0.15) is 5.10 Å². The fourth-order valence-corrected chi connectivity index (χ4v) is 4.39. The molecule has 0 saturated heterocycles. The van der Waals surface area contributed by atoms with Crippen LogP contribution in [0.25, 0.3) is 0 Å². The van der Waals surface area contributed by atoms with Crippen LogP contribution in [0, 0.1) is 6.92 Å². The summed E-state index contributed by atoms with van der Waals surface area (Å²) in [5.74, 6) is -0.358. The van der Waals surface area contributed by atoms with Gasteiger partial charge in [-0.05, 0) is 48.9 Å². The number of hydrazone groups is 1. The average Bonchev–Trinajstić information content (AvgIpc) is 2.79. The van der Waals surface area contributed by atoms with Gasteiger partial charge in [0.1, 0.15) is 18.0 Å². The first-order valence-electron chi connectivity index (χ1n) is 9.65. The molecule has 0 saturated carbocycles. The number of amides is 1. The summed E-state index contributed by atoms with van der Waals surface area (Å²) in [5.41, 5.74) is 3.74. The molecule has 0 bridgehead atoms. The van der Waals surface area contributed by atoms with Crippen molar-refractivity contribution in [2.75, 3.05) is 18.0 Å². The fourth-order valence-electron chi connectivity index (χ4n) is 2.95. The summed E-state index contributed by atoms with van der Waals surface area (Å²) in [6.07, 6.45) is 1.27. The second-order valence-electron chi connectivity index (χ2n) is 6.85. The quantitative estimate of drug-likeness (QED) is 0.403. The van der Waals surface area contributed by atoms with E-state index in [0.29, 0.717) is 11.3 Å². The number of nitrogens with zero attached hydrogens (tertiary/aromatic N) is 2. The first kappa shape index (κ1) is 22.8. The third-order valence-corrected chi connectivity index (χ3v) is 6.33. The molecule has 0 atom stereocenters. The molecule has 0 heterocycles. The molecule has 8 nitrogen and oxygen atoms in total. The molecule has 166 valence electrons. The highest BCUT2D eigenvalue weighted by atomic mass is 32.2. The maximum absolute atomic E-state index is 13.4. The Labute approximate surface area is 186 Å². The van der Waals surface area contributed by atoms with Crippen LogP contribution >= 0.6 is 0 Å². The van der Waals surface area contributed by atoms with Gasteiger partial charge in [0.05, 0.1) is 23.9 Å². The molecule has 9 heteroatoms. The second kappa shape index (κ2) is 9.97. The molecule has 3 rings (SSSR count). The van der Waals surface area contributed by atoms with Crippen LogP contribution < -0.4 is 14.5 Å². The van der Waals surface area contributed by atoms with Gasteiger partial charge in [0, 0.05) is 5.56 Å². The van der Waals surface area contributed by atoms with Gasteiger partial charge in [-0.1, -0.05) is 36.4 Å². The highest BCUT2D eigenvalue weighted by Crippen LogP contribution is 2.33. The Morgan fingerprint density at radius 2 is 1.78 bits per heavy atom. The summed E-state index contributed by atoms with van der Waals surface area (Å²) in [6.45, 7) is 1.28. The number of carbonyl (C=O) groups excluding carboxylic acids is 1. The molecule has 3 aromatic carbocycles. The van der Waals surface area contributed by atoms with Gasteiger partial charge in [-0.15, -0.1) is 0 Å². The largest absolute Gasteiger partial charge is 0.507 e. The van der Waals surface area contributed by atoms with Crippen molar-refractivity contribution in [3.05, 3.63) is 83.9 Å². The molecule has 1 amide bonds. The van der Waals surface area contributed by atoms with Gasteiger partial charge in [0.2, 0.25) is 0 Å². The molecule has 0 spiro atoms. The van der Waals surface area contributed by atoms with Gasteiger partial charge in [0.25, 0.3) is 15.9 Å². The van der Waals surface area contributed by atoms with Crippen molar-refractivity contribution in [2.24, 2.45) is 5.10 Å². The number of sulfonamides is 1. The van der Waals surface area contributed by atoms with Crippen LogP contribution in [0.1, 0.15) is 11.1 Å². The molecule has 0 fully saturated rings. The normalized spacial score (nSPS) is 11.3. The van der Waals surface area contributed by atoms with Crippen molar-refractivity contribution >= 4 is 27.8 Å². The van der Waals surface area contributed by atoms with Crippen LogP contribution in [0.5, 0.6) is 11.5 Å². The summed E-state index contributed by atoms with van der Waals surface area (Å²) in [4.78, 5) is 12.7. The van der Waals surface area contributed by atoms with Gasteiger partial charge >= 0.3 is 0 Å². The standard InChI is InChI=1S/C23H23N3O5S/c1-17-12-13-22(31-2)20(14-17)26(32(29,30)19-9-4-3-5-10-19)16-23(28)25-24-15-18-8-6-7-11-21(18)27/h3-15,27H,16H2,1-2H3,(H,25,28)/b24-15-. The highest BCUT2D eigenvalue weighted by Gasteiger charge is 2.29. The Balaban J connectivity index is 1.92. The van der Waals surface area contributed by atoms with E-state index >= 15 is 0 Å². The predicted octanol–water partition coefficient (Wildman–Crippen LogP) is 3.05. The minimum atomic E-state index is -4.08. The summed E-state index contributed by atoms with van der Waals surface area (Å²) < 4.78 is 33.1. The van der Waals surface area contributed by atoms with Crippen LogP contribution in [-0.2, 0) is 14.8 Å². The molecule has 32 heavy (non-hydrogen) atoms. The number of nitrogens with one attached hydrogen (secondary N) is 1. The topological polar surface area (TPSA) is 108 Å². The first-order valence-corrected chi connectivity index (χ1v) is 11.1. The minimum Gasteiger partial charge on any atom is -0.507 e. The number of methoxy groups -OCH3 is 1. The van der Waals surface area contributed by atoms with E-state index in [9.17, 15) is 18.3 Å². The molecule has 0 aromatic heterocycles. The lowest BCUT2D eigenvalue weighted by molar-refractivity contribution is -0.119. The van der Waals surface area contributed by atoms with E-state index < -0.39 is 22.5 Å². The van der Waals surface area contributed by atoms with Crippen molar-refractivity contribution in [1.82, 2.24) is 5.43 Å². The van der Waals surface area contributed by atoms with Gasteiger partial charge < -0.3 is 9.84 Å². The number of rotatable bonds is 8. The number of aryl methyl sites for hydroxylation is 1. The summed E-state index contributed by atoms with van der Waals surface area (Å²) in [6, 6.07) is 19.4. The SMILES string of the molecule is COc1ccc(C)cc1N(CC(=O)N/N=C\c1ccccc1O)S(=O)(=O)c1ccccc1. The Bertz CT molecular complexity index is 1230. The number of phenolic OH excluding ortho intramolecular Hbond substituents is 1. The van der Waals surface area contributed by atoms with Crippen LogP contribution in [0.15, 0.2) is 82.8 Å². The van der Waals surface area contributed by atoms with E-state index in [2.05, 4.69) is 10.5 Å². The van der Waals surface area contributed by atoms with Gasteiger partial charge in [-0.25, -0.2) is 13.8 Å². The molecular formula is C23H23N3O5S. The third-order valence-electron chi connectivity index (χ3n) is 4.55. The van der Waals surface area contributed by atoms with E-state index in [1.54, 1.807) is 54.6 Å². The second-order valence-corrected chi connectivity index (χ2v) is 8.71. The van der Waals surface area contributed by atoms with E-state index in [-0.39, 0.29) is 16.3 Å². The number of para-hydroxylation sites is 1. The lowest BCUT2D eigenvalue weighted by Gasteiger charge is -2.25. The molecule has 3 aromatic rings. The average molecular weight is 454 g/mol. The number of anilines is 1. The smallest absolute Gasteiger partial charge is 0.264 e. The number of hydrogen-bond donors (Lipinski definition) is 2. The molecule has 0 unspecified atom stereocenters. The summed E-state index contributed by atoms with van der Waals surface area (Å²) >= 11 is 0. The molecule has 0 radical (unpaired) electrons. The van der Waals surface area contributed by atoms with Crippen molar-refractivity contribution in [2.45, 2.75) is 11.8 Å². The van der Waals surface area contributed by atoms with E-state index in [1.807, 2.05) is 6.92 Å². The third kappa shape index (κ3) is 5.25. The number of benzene rings is 3. The number of ether oxygens (including phenoxy) is 1. The number of phenols is 1. The number of carbonyl (C=O) groups is 1. The Morgan fingerprint density at radius 3 is 2.47 bits per heavy atom. The van der Waals surface area contributed by atoms with Gasteiger partial charge in [0.15, 0.2) is 0 Å². The molecular weight excluding hydrogens is 430 g/mol. The Morgan fingerprint density at radius 1 is 1.09 bits per heavy atom. The van der Waals surface area contributed by atoms with E-state index in [4.69, 9.17) is 4.74 Å². The lowest BCUT2D eigenvalue weighted by atomic mass is 10.2. The molecule has 0 aliphatic rings. The van der Waals surface area contributed by atoms with Crippen LogP contribution in [0.4, 0.5) is 5.69 Å². The van der Waals surface area contributed by atoms with Crippen molar-refractivity contribution in [1.29, 1.82) is 0 Å². The van der Waals surface area contributed by atoms with Gasteiger partial charge in [-0.3, -0.25) is 9.10 Å². The number of aromatic hydroxyl groups is 1. The molecule has 0 aliphatic heterocycles. The van der Waals surface area contributed by atoms with Crippen LogP contribution in [-0.4, -0.2) is 39.3 Å². The zero-order valence-corrected chi connectivity index (χ0v) is 18.4. The first-order chi connectivity index (χ1) is 15.3. The Kier molecular flexibility index (Phi) is 7.11. The van der Waals surface area contributed by atoms with E-state index in [1.165, 1.54) is 31.5 Å². The van der Waals surface area contributed by atoms with Crippen molar-refractivity contribution in [3.63, 3.8) is 0 Å². The zero-order valence-electron chi connectivity index (χ0n) is 17.6. The minimum absolute atomic E-state index is 0.00304. The molecule has 2 N–H and O–H groups in total. The highest BCUT2D eigenvalue weighted by molar-refractivity contribution is 7.92. The fraction of sp³-hybridized carbons (Fsp3) is 0.130. The van der Waals surface area contributed by atoms with E-state index in [0.717, 1.165) is 9.87 Å². The maximum Gasteiger partial charge on any atom is 0.264 e. The maximum atomic E-state index is 13.4. The number of hydrogen-bond acceptors (Lipinski definition) is 6. The van der Waals surface area contributed by atoms with Crippen LogP contribution in [0.2, 0.25) is 0 Å². The van der Waals surface area contributed by atoms with Crippen LogP contribution in [0.3, 0.4) is 0 Å². The molecule has 0 aliphatic carbocycles.